The lowest BCUT2D eigenvalue weighted by molar-refractivity contribution is -0.121. The SMILES string of the molecule is C1CC(CO[C@@H]2CC[C@H]3[C@H]2OCCN3CC2CC2)CCO1. The smallest absolute Gasteiger partial charge is 0.0991 e. The summed E-state index contributed by atoms with van der Waals surface area (Å²) in [6, 6.07) is 0.624. The first kappa shape index (κ1) is 14.4. The van der Waals surface area contributed by atoms with Crippen molar-refractivity contribution in [2.75, 3.05) is 39.5 Å². The Labute approximate surface area is 128 Å². The maximum Gasteiger partial charge on any atom is 0.0991 e. The maximum absolute atomic E-state index is 6.27. The van der Waals surface area contributed by atoms with Crippen molar-refractivity contribution in [2.24, 2.45) is 11.8 Å². The van der Waals surface area contributed by atoms with E-state index in [0.717, 1.165) is 51.7 Å². The summed E-state index contributed by atoms with van der Waals surface area (Å²) in [7, 11) is 0. The number of morpholine rings is 1. The minimum atomic E-state index is 0.331. The molecule has 2 saturated heterocycles. The molecule has 2 heterocycles. The molecule has 0 aromatic heterocycles. The summed E-state index contributed by atoms with van der Waals surface area (Å²) in [5, 5.41) is 0. The van der Waals surface area contributed by atoms with E-state index >= 15 is 0 Å². The van der Waals surface area contributed by atoms with Gasteiger partial charge in [0.1, 0.15) is 0 Å². The van der Waals surface area contributed by atoms with Crippen LogP contribution in [0.1, 0.15) is 38.5 Å². The van der Waals surface area contributed by atoms with Crippen molar-refractivity contribution in [3.05, 3.63) is 0 Å². The third-order valence-corrected chi connectivity index (χ3v) is 5.73. The highest BCUT2D eigenvalue weighted by molar-refractivity contribution is 4.97. The second kappa shape index (κ2) is 6.53. The van der Waals surface area contributed by atoms with Gasteiger partial charge in [0.25, 0.3) is 0 Å². The summed E-state index contributed by atoms with van der Waals surface area (Å²) in [4.78, 5) is 2.70. The Bertz CT molecular complexity index is 341. The Hall–Kier alpha value is -0.160. The largest absolute Gasteiger partial charge is 0.381 e. The number of ether oxygens (including phenoxy) is 3. The molecule has 2 aliphatic heterocycles. The Kier molecular flexibility index (Phi) is 4.49. The molecule has 4 aliphatic rings. The zero-order chi connectivity index (χ0) is 14.1. The average molecular weight is 295 g/mol. The van der Waals surface area contributed by atoms with E-state index in [2.05, 4.69) is 4.90 Å². The maximum atomic E-state index is 6.27. The van der Waals surface area contributed by atoms with Crippen LogP contribution in [0.2, 0.25) is 0 Å². The minimum absolute atomic E-state index is 0.331. The third-order valence-electron chi connectivity index (χ3n) is 5.73. The van der Waals surface area contributed by atoms with Crippen LogP contribution in [0.5, 0.6) is 0 Å². The molecule has 0 bridgehead atoms. The van der Waals surface area contributed by atoms with E-state index in [4.69, 9.17) is 14.2 Å². The van der Waals surface area contributed by atoms with Gasteiger partial charge in [-0.3, -0.25) is 4.90 Å². The summed E-state index contributed by atoms with van der Waals surface area (Å²) >= 11 is 0. The number of nitrogens with zero attached hydrogens (tertiary/aromatic N) is 1. The summed E-state index contributed by atoms with van der Waals surface area (Å²) in [5.41, 5.74) is 0. The van der Waals surface area contributed by atoms with Gasteiger partial charge in [0.05, 0.1) is 25.4 Å². The second-order valence-electron chi connectivity index (χ2n) is 7.35. The zero-order valence-corrected chi connectivity index (χ0v) is 13.0. The summed E-state index contributed by atoms with van der Waals surface area (Å²) in [6.07, 6.45) is 8.31. The van der Waals surface area contributed by atoms with Crippen molar-refractivity contribution in [3.8, 4) is 0 Å². The second-order valence-corrected chi connectivity index (χ2v) is 7.35. The van der Waals surface area contributed by atoms with Crippen LogP contribution in [-0.4, -0.2) is 62.7 Å². The standard InChI is InChI=1S/C17H29NO3/c1-2-13(1)11-18-7-10-20-17-15(18)3-4-16(17)21-12-14-5-8-19-9-6-14/h13-17H,1-12H2/t15-,16+,17+/m0/s1. The lowest BCUT2D eigenvalue weighted by atomic mass is 10.0. The van der Waals surface area contributed by atoms with Crippen LogP contribution in [0.25, 0.3) is 0 Å². The van der Waals surface area contributed by atoms with Crippen molar-refractivity contribution < 1.29 is 14.2 Å². The fourth-order valence-electron chi connectivity index (χ4n) is 4.20. The number of rotatable bonds is 5. The number of hydrogen-bond donors (Lipinski definition) is 0. The predicted octanol–water partition coefficient (Wildman–Crippen LogP) is 2.07. The van der Waals surface area contributed by atoms with Gasteiger partial charge in [0, 0.05) is 32.3 Å². The Morgan fingerprint density at radius 1 is 0.905 bits per heavy atom. The number of hydrogen-bond acceptors (Lipinski definition) is 4. The van der Waals surface area contributed by atoms with Gasteiger partial charge in [-0.15, -0.1) is 0 Å². The van der Waals surface area contributed by atoms with E-state index in [1.165, 1.54) is 32.2 Å². The highest BCUT2D eigenvalue weighted by Crippen LogP contribution is 2.36. The molecule has 2 aliphatic carbocycles. The van der Waals surface area contributed by atoms with Gasteiger partial charge in [-0.25, -0.2) is 0 Å². The van der Waals surface area contributed by atoms with Crippen LogP contribution in [0, 0.1) is 11.8 Å². The molecular formula is C17H29NO3. The Morgan fingerprint density at radius 2 is 1.76 bits per heavy atom. The van der Waals surface area contributed by atoms with Crippen molar-refractivity contribution in [1.29, 1.82) is 0 Å². The minimum Gasteiger partial charge on any atom is -0.381 e. The lowest BCUT2D eigenvalue weighted by Gasteiger charge is -2.39. The zero-order valence-electron chi connectivity index (χ0n) is 13.0. The van der Waals surface area contributed by atoms with E-state index in [0.29, 0.717) is 24.2 Å². The average Bonchev–Trinajstić information content (AvgIpc) is 3.24. The summed E-state index contributed by atoms with van der Waals surface area (Å²) < 4.78 is 17.8. The van der Waals surface area contributed by atoms with Crippen LogP contribution in [-0.2, 0) is 14.2 Å². The van der Waals surface area contributed by atoms with Crippen molar-refractivity contribution in [1.82, 2.24) is 4.90 Å². The molecule has 4 rings (SSSR count). The van der Waals surface area contributed by atoms with E-state index < -0.39 is 0 Å². The molecule has 0 aromatic rings. The lowest BCUT2D eigenvalue weighted by Crippen LogP contribution is -2.52. The van der Waals surface area contributed by atoms with Gasteiger partial charge < -0.3 is 14.2 Å². The quantitative estimate of drug-likeness (QED) is 0.777. The first-order chi connectivity index (χ1) is 10.4. The van der Waals surface area contributed by atoms with Gasteiger partial charge in [0.15, 0.2) is 0 Å². The van der Waals surface area contributed by atoms with Crippen LogP contribution in [0.4, 0.5) is 0 Å². The molecule has 4 heteroatoms. The molecule has 0 radical (unpaired) electrons. The fraction of sp³-hybridized carbons (Fsp3) is 1.00. The normalized spacial score (nSPS) is 38.6. The van der Waals surface area contributed by atoms with Gasteiger partial charge >= 0.3 is 0 Å². The highest BCUT2D eigenvalue weighted by atomic mass is 16.5. The molecule has 0 unspecified atom stereocenters. The molecule has 4 nitrogen and oxygen atoms in total. The van der Waals surface area contributed by atoms with Crippen LogP contribution < -0.4 is 0 Å². The monoisotopic (exact) mass is 295 g/mol. The molecule has 2 saturated carbocycles. The molecule has 0 N–H and O–H groups in total. The predicted molar refractivity (Wildman–Crippen MR) is 80.3 cm³/mol. The Morgan fingerprint density at radius 3 is 2.57 bits per heavy atom. The van der Waals surface area contributed by atoms with Gasteiger partial charge in [-0.1, -0.05) is 0 Å². The van der Waals surface area contributed by atoms with E-state index in [9.17, 15) is 0 Å². The molecular weight excluding hydrogens is 266 g/mol. The first-order valence-corrected chi connectivity index (χ1v) is 8.95. The molecule has 4 fully saturated rings. The van der Waals surface area contributed by atoms with Crippen LogP contribution in [0.3, 0.4) is 0 Å². The topological polar surface area (TPSA) is 30.9 Å². The first-order valence-electron chi connectivity index (χ1n) is 8.95. The summed E-state index contributed by atoms with van der Waals surface area (Å²) in [5.74, 6) is 1.68. The fourth-order valence-corrected chi connectivity index (χ4v) is 4.20. The van der Waals surface area contributed by atoms with E-state index in [1.807, 2.05) is 0 Å². The summed E-state index contributed by atoms with van der Waals surface area (Å²) in [6.45, 7) is 6.06. The molecule has 120 valence electrons. The van der Waals surface area contributed by atoms with Gasteiger partial charge in [-0.05, 0) is 50.4 Å². The molecule has 0 spiro atoms. The van der Waals surface area contributed by atoms with Gasteiger partial charge in [0.2, 0.25) is 0 Å². The van der Waals surface area contributed by atoms with Crippen molar-refractivity contribution >= 4 is 0 Å². The van der Waals surface area contributed by atoms with Crippen molar-refractivity contribution in [3.63, 3.8) is 0 Å². The van der Waals surface area contributed by atoms with E-state index in [-0.39, 0.29) is 0 Å². The van der Waals surface area contributed by atoms with Crippen LogP contribution in [0.15, 0.2) is 0 Å². The van der Waals surface area contributed by atoms with Crippen LogP contribution >= 0.6 is 0 Å². The Balaban J connectivity index is 1.28. The van der Waals surface area contributed by atoms with E-state index in [1.54, 1.807) is 0 Å². The molecule has 0 amide bonds. The highest BCUT2D eigenvalue weighted by Gasteiger charge is 2.44. The third kappa shape index (κ3) is 3.44. The molecule has 0 aromatic carbocycles. The van der Waals surface area contributed by atoms with Crippen molar-refractivity contribution in [2.45, 2.75) is 56.8 Å². The molecule has 3 atom stereocenters. The molecule has 21 heavy (non-hydrogen) atoms. The van der Waals surface area contributed by atoms with Gasteiger partial charge in [-0.2, -0.15) is 0 Å². The number of fused-ring (bicyclic) bond motifs is 1.